The van der Waals surface area contributed by atoms with E-state index in [1.807, 2.05) is 24.3 Å². The van der Waals surface area contributed by atoms with Crippen molar-refractivity contribution in [1.29, 1.82) is 0 Å². The molecule has 0 radical (unpaired) electrons. The monoisotopic (exact) mass is 513 g/mol. The Labute approximate surface area is 211 Å². The summed E-state index contributed by atoms with van der Waals surface area (Å²) in [4.78, 5) is 17.3. The van der Waals surface area contributed by atoms with Gasteiger partial charge in [-0.05, 0) is 54.1 Å². The lowest BCUT2D eigenvalue weighted by molar-refractivity contribution is -0.131. The van der Waals surface area contributed by atoms with Crippen molar-refractivity contribution in [1.82, 2.24) is 9.21 Å². The summed E-state index contributed by atoms with van der Waals surface area (Å²) >= 11 is 5.99. The van der Waals surface area contributed by atoms with Crippen LogP contribution >= 0.6 is 11.6 Å². The number of halogens is 1. The van der Waals surface area contributed by atoms with E-state index in [4.69, 9.17) is 16.3 Å². The van der Waals surface area contributed by atoms with Gasteiger partial charge in [-0.15, -0.1) is 0 Å². The highest BCUT2D eigenvalue weighted by Crippen LogP contribution is 2.22. The van der Waals surface area contributed by atoms with Gasteiger partial charge in [0.25, 0.3) is 0 Å². The summed E-state index contributed by atoms with van der Waals surface area (Å²) in [5, 5.41) is 0.567. The summed E-state index contributed by atoms with van der Waals surface area (Å²) in [6, 6.07) is 23.0. The third-order valence-electron chi connectivity index (χ3n) is 6.03. The van der Waals surface area contributed by atoms with Crippen molar-refractivity contribution in [2.24, 2.45) is 0 Å². The lowest BCUT2D eigenvalue weighted by Crippen LogP contribution is -2.51. The van der Waals surface area contributed by atoms with E-state index >= 15 is 0 Å². The van der Waals surface area contributed by atoms with E-state index in [1.165, 1.54) is 4.31 Å². The van der Waals surface area contributed by atoms with Crippen LogP contribution in [0.15, 0.2) is 83.8 Å². The number of piperazine rings is 1. The Morgan fingerprint density at radius 3 is 2.14 bits per heavy atom. The number of carbonyl (C=O) groups is 1. The SMILES string of the molecule is COc1ccc(N2CCN(C(=O)CN(Cc3ccc(Cl)cc3)S(=O)(=O)c3ccccc3)CC2)cc1. The van der Waals surface area contributed by atoms with Gasteiger partial charge >= 0.3 is 0 Å². The van der Waals surface area contributed by atoms with Gasteiger partial charge in [-0.3, -0.25) is 4.79 Å². The topological polar surface area (TPSA) is 70.2 Å². The van der Waals surface area contributed by atoms with Gasteiger partial charge in [0.05, 0.1) is 18.6 Å². The molecule has 0 N–H and O–H groups in total. The highest BCUT2D eigenvalue weighted by molar-refractivity contribution is 7.89. The van der Waals surface area contributed by atoms with Crippen molar-refractivity contribution in [3.8, 4) is 5.75 Å². The molecule has 7 nitrogen and oxygen atoms in total. The molecule has 1 heterocycles. The number of carbonyl (C=O) groups excluding carboxylic acids is 1. The molecule has 0 aliphatic carbocycles. The fourth-order valence-corrected chi connectivity index (χ4v) is 5.54. The first-order valence-corrected chi connectivity index (χ1v) is 13.1. The largest absolute Gasteiger partial charge is 0.497 e. The molecule has 0 atom stereocenters. The quantitative estimate of drug-likeness (QED) is 0.457. The van der Waals surface area contributed by atoms with E-state index < -0.39 is 10.0 Å². The molecular weight excluding hydrogens is 486 g/mol. The number of benzene rings is 3. The first-order chi connectivity index (χ1) is 16.9. The highest BCUT2D eigenvalue weighted by Gasteiger charge is 2.30. The smallest absolute Gasteiger partial charge is 0.243 e. The fourth-order valence-electron chi connectivity index (χ4n) is 4.02. The zero-order chi connectivity index (χ0) is 24.8. The minimum Gasteiger partial charge on any atom is -0.497 e. The van der Waals surface area contributed by atoms with Crippen molar-refractivity contribution >= 4 is 33.2 Å². The summed E-state index contributed by atoms with van der Waals surface area (Å²) in [5.74, 6) is 0.579. The Kier molecular flexibility index (Phi) is 7.95. The third kappa shape index (κ3) is 6.14. The summed E-state index contributed by atoms with van der Waals surface area (Å²) in [6.45, 7) is 2.21. The minimum absolute atomic E-state index is 0.0753. The van der Waals surface area contributed by atoms with Crippen molar-refractivity contribution in [2.45, 2.75) is 11.4 Å². The normalized spacial score (nSPS) is 14.3. The Bertz CT molecular complexity index is 1230. The van der Waals surface area contributed by atoms with Gasteiger partial charge in [0, 0.05) is 43.4 Å². The minimum atomic E-state index is -3.87. The standard InChI is InChI=1S/C26H28ClN3O4S/c1-34-24-13-11-23(12-14-24)28-15-17-29(18-16-28)26(31)20-30(19-21-7-9-22(27)10-8-21)35(32,33)25-5-3-2-4-6-25/h2-14H,15-20H2,1H3. The number of methoxy groups -OCH3 is 1. The van der Waals surface area contributed by atoms with Crippen LogP contribution in [0.5, 0.6) is 5.75 Å². The maximum atomic E-state index is 13.4. The lowest BCUT2D eigenvalue weighted by Gasteiger charge is -2.37. The van der Waals surface area contributed by atoms with Crippen LogP contribution in [0.1, 0.15) is 5.56 Å². The molecule has 0 aromatic heterocycles. The van der Waals surface area contributed by atoms with Crippen LogP contribution in [-0.4, -0.2) is 63.4 Å². The second kappa shape index (κ2) is 11.1. The van der Waals surface area contributed by atoms with Gasteiger partial charge in [-0.25, -0.2) is 8.42 Å². The van der Waals surface area contributed by atoms with Gasteiger partial charge in [0.1, 0.15) is 5.75 Å². The summed E-state index contributed by atoms with van der Waals surface area (Å²) in [5.41, 5.74) is 1.82. The molecule has 0 unspecified atom stereocenters. The van der Waals surface area contributed by atoms with Crippen LogP contribution in [0, 0.1) is 0 Å². The van der Waals surface area contributed by atoms with Crippen LogP contribution in [0.3, 0.4) is 0 Å². The Morgan fingerprint density at radius 1 is 0.914 bits per heavy atom. The number of hydrogen-bond acceptors (Lipinski definition) is 5. The number of ether oxygens (including phenoxy) is 1. The van der Waals surface area contributed by atoms with Gasteiger partial charge in [0.15, 0.2) is 0 Å². The Morgan fingerprint density at radius 2 is 1.54 bits per heavy atom. The van der Waals surface area contributed by atoms with Gasteiger partial charge in [0.2, 0.25) is 15.9 Å². The molecule has 1 amide bonds. The molecule has 35 heavy (non-hydrogen) atoms. The summed E-state index contributed by atoms with van der Waals surface area (Å²) in [7, 11) is -2.24. The first-order valence-electron chi connectivity index (χ1n) is 11.3. The van der Waals surface area contributed by atoms with E-state index in [0.29, 0.717) is 31.2 Å². The highest BCUT2D eigenvalue weighted by atomic mass is 35.5. The van der Waals surface area contributed by atoms with E-state index in [9.17, 15) is 13.2 Å². The molecule has 184 valence electrons. The lowest BCUT2D eigenvalue weighted by atomic mass is 10.2. The second-order valence-electron chi connectivity index (χ2n) is 8.28. The molecule has 1 aliphatic rings. The molecule has 4 rings (SSSR count). The van der Waals surface area contributed by atoms with E-state index in [0.717, 1.165) is 17.0 Å². The molecule has 0 saturated carbocycles. The molecular formula is C26H28ClN3O4S. The summed E-state index contributed by atoms with van der Waals surface area (Å²) < 4.78 is 33.3. The molecule has 1 saturated heterocycles. The number of anilines is 1. The summed E-state index contributed by atoms with van der Waals surface area (Å²) in [6.07, 6.45) is 0. The molecule has 0 bridgehead atoms. The van der Waals surface area contributed by atoms with Crippen molar-refractivity contribution in [2.75, 3.05) is 44.7 Å². The maximum absolute atomic E-state index is 13.4. The van der Waals surface area contributed by atoms with Crippen LogP contribution in [0.2, 0.25) is 5.02 Å². The molecule has 1 fully saturated rings. The number of hydrogen-bond donors (Lipinski definition) is 0. The maximum Gasteiger partial charge on any atom is 0.243 e. The van der Waals surface area contributed by atoms with Gasteiger partial charge in [-0.1, -0.05) is 41.9 Å². The average Bonchev–Trinajstić information content (AvgIpc) is 2.90. The van der Waals surface area contributed by atoms with Crippen LogP contribution in [-0.2, 0) is 21.4 Å². The molecule has 0 spiro atoms. The van der Waals surface area contributed by atoms with Crippen LogP contribution in [0.25, 0.3) is 0 Å². The number of sulfonamides is 1. The number of nitrogens with zero attached hydrogens (tertiary/aromatic N) is 3. The van der Waals surface area contributed by atoms with E-state index in [1.54, 1.807) is 66.6 Å². The zero-order valence-corrected chi connectivity index (χ0v) is 21.1. The van der Waals surface area contributed by atoms with Crippen molar-refractivity contribution in [3.05, 3.63) is 89.4 Å². The van der Waals surface area contributed by atoms with Gasteiger partial charge in [-0.2, -0.15) is 4.31 Å². The van der Waals surface area contributed by atoms with E-state index in [2.05, 4.69) is 4.90 Å². The van der Waals surface area contributed by atoms with Crippen molar-refractivity contribution < 1.29 is 17.9 Å². The van der Waals surface area contributed by atoms with Crippen molar-refractivity contribution in [3.63, 3.8) is 0 Å². The predicted molar refractivity (Wildman–Crippen MR) is 137 cm³/mol. The number of rotatable bonds is 8. The third-order valence-corrected chi connectivity index (χ3v) is 8.09. The molecule has 1 aliphatic heterocycles. The molecule has 3 aromatic carbocycles. The Balaban J connectivity index is 1.46. The average molecular weight is 514 g/mol. The van der Waals surface area contributed by atoms with E-state index in [-0.39, 0.29) is 23.9 Å². The van der Waals surface area contributed by atoms with Crippen LogP contribution < -0.4 is 9.64 Å². The Hall–Kier alpha value is -3.07. The van der Waals surface area contributed by atoms with Crippen LogP contribution in [0.4, 0.5) is 5.69 Å². The fraction of sp³-hybridized carbons (Fsp3) is 0.269. The molecule has 3 aromatic rings. The second-order valence-corrected chi connectivity index (χ2v) is 10.7. The predicted octanol–water partition coefficient (Wildman–Crippen LogP) is 3.89. The first kappa shape index (κ1) is 25.0. The molecule has 9 heteroatoms. The number of amides is 1. The van der Waals surface area contributed by atoms with Gasteiger partial charge < -0.3 is 14.5 Å². The zero-order valence-electron chi connectivity index (χ0n) is 19.5.